The number of nitrogens with zero attached hydrogens (tertiary/aromatic N) is 1. The lowest BCUT2D eigenvalue weighted by molar-refractivity contribution is -0.115. The molecule has 1 saturated heterocycles. The van der Waals surface area contributed by atoms with Gasteiger partial charge in [-0.25, -0.2) is 0 Å². The molecule has 0 unspecified atom stereocenters. The lowest BCUT2D eigenvalue weighted by Gasteiger charge is -2.14. The Morgan fingerprint density at radius 2 is 2.10 bits per heavy atom. The van der Waals surface area contributed by atoms with Crippen LogP contribution in [0.2, 0.25) is 0 Å². The summed E-state index contributed by atoms with van der Waals surface area (Å²) in [6, 6.07) is 7.87. The Balaban J connectivity index is 1.55. The molecule has 20 heavy (non-hydrogen) atoms. The van der Waals surface area contributed by atoms with Crippen molar-refractivity contribution in [2.45, 2.75) is 26.2 Å². The molecule has 1 aromatic rings. The summed E-state index contributed by atoms with van der Waals surface area (Å²) >= 11 is 0. The van der Waals surface area contributed by atoms with Crippen molar-refractivity contribution in [3.8, 4) is 0 Å². The molecule has 0 aliphatic carbocycles. The van der Waals surface area contributed by atoms with E-state index in [2.05, 4.69) is 15.5 Å². The first-order valence-electron chi connectivity index (χ1n) is 7.53. The largest absolute Gasteiger partial charge is 0.325 e. The highest BCUT2D eigenvalue weighted by atomic mass is 16.1. The van der Waals surface area contributed by atoms with Gasteiger partial charge in [0, 0.05) is 5.69 Å². The van der Waals surface area contributed by atoms with Crippen LogP contribution in [0.3, 0.4) is 0 Å². The predicted octanol–water partition coefficient (Wildman–Crippen LogP) is 2.01. The molecule has 110 valence electrons. The monoisotopic (exact) mass is 275 g/mol. The van der Waals surface area contributed by atoms with Gasteiger partial charge in [0.1, 0.15) is 0 Å². The molecule has 0 atom stereocenters. The second-order valence-electron chi connectivity index (χ2n) is 5.50. The van der Waals surface area contributed by atoms with Crippen LogP contribution in [0.25, 0.3) is 0 Å². The molecule has 2 rings (SSSR count). The summed E-state index contributed by atoms with van der Waals surface area (Å²) < 4.78 is 0. The molecule has 1 aromatic carbocycles. The van der Waals surface area contributed by atoms with E-state index in [1.54, 1.807) is 0 Å². The fraction of sp³-hybridized carbons (Fsp3) is 0.562. The van der Waals surface area contributed by atoms with Gasteiger partial charge in [-0.15, -0.1) is 0 Å². The smallest absolute Gasteiger partial charge is 0.238 e. The van der Waals surface area contributed by atoms with Gasteiger partial charge in [0.15, 0.2) is 0 Å². The first kappa shape index (κ1) is 15.0. The molecule has 4 heteroatoms. The maximum Gasteiger partial charge on any atom is 0.238 e. The second kappa shape index (κ2) is 8.02. The van der Waals surface area contributed by atoms with Gasteiger partial charge in [0.05, 0.1) is 6.54 Å². The maximum atomic E-state index is 11.8. The first-order chi connectivity index (χ1) is 9.74. The lowest BCUT2D eigenvalue weighted by atomic mass is 10.2. The highest BCUT2D eigenvalue weighted by Gasteiger charge is 2.10. The van der Waals surface area contributed by atoms with Crippen LogP contribution in [0.1, 0.15) is 24.8 Å². The van der Waals surface area contributed by atoms with E-state index in [4.69, 9.17) is 0 Å². The number of likely N-dealkylation sites (tertiary alicyclic amines) is 1. The Bertz CT molecular complexity index is 427. The SMILES string of the molecule is Cc1cccc(NC(=O)CNCCCN2CCCC2)c1. The highest BCUT2D eigenvalue weighted by molar-refractivity contribution is 5.92. The summed E-state index contributed by atoms with van der Waals surface area (Å²) in [4.78, 5) is 14.3. The Labute approximate surface area is 121 Å². The zero-order valence-electron chi connectivity index (χ0n) is 12.3. The van der Waals surface area contributed by atoms with Gasteiger partial charge in [0.2, 0.25) is 5.91 Å². The number of hydrogen-bond donors (Lipinski definition) is 2. The molecule has 2 N–H and O–H groups in total. The second-order valence-corrected chi connectivity index (χ2v) is 5.50. The fourth-order valence-corrected chi connectivity index (χ4v) is 2.56. The average molecular weight is 275 g/mol. The lowest BCUT2D eigenvalue weighted by Crippen LogP contribution is -2.30. The van der Waals surface area contributed by atoms with E-state index in [0.29, 0.717) is 6.54 Å². The van der Waals surface area contributed by atoms with E-state index in [-0.39, 0.29) is 5.91 Å². The third-order valence-electron chi connectivity index (χ3n) is 3.61. The Hall–Kier alpha value is -1.39. The van der Waals surface area contributed by atoms with Crippen molar-refractivity contribution in [2.24, 2.45) is 0 Å². The number of anilines is 1. The molecular formula is C16H25N3O. The molecule has 1 aliphatic rings. The standard InChI is InChI=1S/C16H25N3O/c1-14-6-4-7-15(12-14)18-16(20)13-17-8-5-11-19-9-2-3-10-19/h4,6-7,12,17H,2-3,5,8-11,13H2,1H3,(H,18,20). The molecule has 0 radical (unpaired) electrons. The summed E-state index contributed by atoms with van der Waals surface area (Å²) in [6.07, 6.45) is 3.79. The van der Waals surface area contributed by atoms with Crippen molar-refractivity contribution >= 4 is 11.6 Å². The van der Waals surface area contributed by atoms with Crippen LogP contribution in [-0.2, 0) is 4.79 Å². The zero-order valence-corrected chi connectivity index (χ0v) is 12.3. The Morgan fingerprint density at radius 3 is 2.85 bits per heavy atom. The molecule has 1 aliphatic heterocycles. The molecule has 0 bridgehead atoms. The number of rotatable bonds is 7. The molecule has 1 fully saturated rings. The van der Waals surface area contributed by atoms with Crippen molar-refractivity contribution in [3.05, 3.63) is 29.8 Å². The third kappa shape index (κ3) is 5.31. The molecule has 0 aromatic heterocycles. The van der Waals surface area contributed by atoms with E-state index >= 15 is 0 Å². The van der Waals surface area contributed by atoms with E-state index in [0.717, 1.165) is 30.8 Å². The Kier molecular flexibility index (Phi) is 6.02. The van der Waals surface area contributed by atoms with Crippen LogP contribution < -0.4 is 10.6 Å². The topological polar surface area (TPSA) is 44.4 Å². The predicted molar refractivity (Wildman–Crippen MR) is 83.0 cm³/mol. The molecule has 0 saturated carbocycles. The maximum absolute atomic E-state index is 11.8. The number of carbonyl (C=O) groups excluding carboxylic acids is 1. The number of hydrogen-bond acceptors (Lipinski definition) is 3. The minimum Gasteiger partial charge on any atom is -0.325 e. The van der Waals surface area contributed by atoms with E-state index in [1.807, 2.05) is 31.2 Å². The molecule has 1 amide bonds. The van der Waals surface area contributed by atoms with Gasteiger partial charge in [0.25, 0.3) is 0 Å². The summed E-state index contributed by atoms with van der Waals surface area (Å²) in [5.41, 5.74) is 2.02. The summed E-state index contributed by atoms with van der Waals surface area (Å²) in [6.45, 7) is 6.94. The highest BCUT2D eigenvalue weighted by Crippen LogP contribution is 2.09. The molecular weight excluding hydrogens is 250 g/mol. The third-order valence-corrected chi connectivity index (χ3v) is 3.61. The summed E-state index contributed by atoms with van der Waals surface area (Å²) in [7, 11) is 0. The normalized spacial score (nSPS) is 15.4. The number of amides is 1. The van der Waals surface area contributed by atoms with E-state index in [9.17, 15) is 4.79 Å². The quantitative estimate of drug-likeness (QED) is 0.748. The van der Waals surface area contributed by atoms with Gasteiger partial charge in [-0.3, -0.25) is 4.79 Å². The molecule has 4 nitrogen and oxygen atoms in total. The number of carbonyl (C=O) groups is 1. The minimum atomic E-state index is 0.0248. The number of benzene rings is 1. The van der Waals surface area contributed by atoms with Gasteiger partial charge in [-0.2, -0.15) is 0 Å². The van der Waals surface area contributed by atoms with Crippen LogP contribution in [0.5, 0.6) is 0 Å². The van der Waals surface area contributed by atoms with Crippen LogP contribution in [0, 0.1) is 6.92 Å². The fourth-order valence-electron chi connectivity index (χ4n) is 2.56. The van der Waals surface area contributed by atoms with Crippen molar-refractivity contribution in [2.75, 3.05) is 38.0 Å². The van der Waals surface area contributed by atoms with E-state index in [1.165, 1.54) is 25.9 Å². The van der Waals surface area contributed by atoms with Crippen molar-refractivity contribution in [3.63, 3.8) is 0 Å². The van der Waals surface area contributed by atoms with Crippen molar-refractivity contribution in [1.82, 2.24) is 10.2 Å². The molecule has 1 heterocycles. The van der Waals surface area contributed by atoms with Crippen LogP contribution in [-0.4, -0.2) is 43.5 Å². The minimum absolute atomic E-state index is 0.0248. The summed E-state index contributed by atoms with van der Waals surface area (Å²) in [5.74, 6) is 0.0248. The Morgan fingerprint density at radius 1 is 1.30 bits per heavy atom. The van der Waals surface area contributed by atoms with Crippen LogP contribution in [0.15, 0.2) is 24.3 Å². The van der Waals surface area contributed by atoms with Crippen molar-refractivity contribution < 1.29 is 4.79 Å². The number of aryl methyl sites for hydroxylation is 1. The first-order valence-corrected chi connectivity index (χ1v) is 7.53. The van der Waals surface area contributed by atoms with E-state index < -0.39 is 0 Å². The van der Waals surface area contributed by atoms with Gasteiger partial charge in [-0.1, -0.05) is 12.1 Å². The van der Waals surface area contributed by atoms with Crippen molar-refractivity contribution in [1.29, 1.82) is 0 Å². The summed E-state index contributed by atoms with van der Waals surface area (Å²) in [5, 5.41) is 6.11. The van der Waals surface area contributed by atoms with Gasteiger partial charge >= 0.3 is 0 Å². The van der Waals surface area contributed by atoms with Crippen LogP contribution >= 0.6 is 0 Å². The van der Waals surface area contributed by atoms with Gasteiger partial charge < -0.3 is 15.5 Å². The molecule has 0 spiro atoms. The van der Waals surface area contributed by atoms with Crippen LogP contribution in [0.4, 0.5) is 5.69 Å². The number of nitrogens with one attached hydrogen (secondary N) is 2. The zero-order chi connectivity index (χ0) is 14.2. The van der Waals surface area contributed by atoms with Gasteiger partial charge in [-0.05, 0) is 70.1 Å². The average Bonchev–Trinajstić information content (AvgIpc) is 2.91.